The van der Waals surface area contributed by atoms with Crippen molar-refractivity contribution in [2.24, 2.45) is 0 Å². The van der Waals surface area contributed by atoms with Crippen molar-refractivity contribution in [1.82, 2.24) is 4.90 Å². The lowest BCUT2D eigenvalue weighted by Crippen LogP contribution is -2.56. The summed E-state index contributed by atoms with van der Waals surface area (Å²) in [5.74, 6) is -0.351. The molecule has 1 saturated heterocycles. The van der Waals surface area contributed by atoms with Gasteiger partial charge in [0.2, 0.25) is 0 Å². The lowest BCUT2D eigenvalue weighted by molar-refractivity contribution is -0.127. The van der Waals surface area contributed by atoms with Crippen molar-refractivity contribution >= 4 is 63.3 Å². The fraction of sp³-hybridized carbons (Fsp3) is 0.125. The van der Waals surface area contributed by atoms with Crippen LogP contribution in [0.5, 0.6) is 5.75 Å². The number of anilines is 1. The van der Waals surface area contributed by atoms with E-state index in [1.807, 2.05) is 43.3 Å². The maximum atomic E-state index is 13.5. The van der Waals surface area contributed by atoms with Crippen LogP contribution in [0.1, 0.15) is 12.5 Å². The van der Waals surface area contributed by atoms with Gasteiger partial charge in [-0.3, -0.25) is 19.4 Å². The first-order valence-corrected chi connectivity index (χ1v) is 10.5. The number of amides is 2. The van der Waals surface area contributed by atoms with E-state index in [0.29, 0.717) is 28.6 Å². The number of thiocarbonyl (C=S) groups is 1. The predicted octanol–water partition coefficient (Wildman–Crippen LogP) is 5.07. The zero-order valence-corrected chi connectivity index (χ0v) is 18.5. The fourth-order valence-electron chi connectivity index (χ4n) is 3.62. The Morgan fingerprint density at radius 1 is 1.00 bits per heavy atom. The Kier molecular flexibility index (Phi) is 5.76. The van der Waals surface area contributed by atoms with Crippen LogP contribution in [0.4, 0.5) is 5.69 Å². The van der Waals surface area contributed by atoms with Crippen LogP contribution in [-0.4, -0.2) is 35.5 Å². The molecule has 5 nitrogen and oxygen atoms in total. The second kappa shape index (κ2) is 8.49. The molecule has 0 bridgehead atoms. The van der Waals surface area contributed by atoms with E-state index in [9.17, 15) is 9.59 Å². The summed E-state index contributed by atoms with van der Waals surface area (Å²) >= 11 is 11.5. The smallest absolute Gasteiger partial charge is 0.270 e. The highest BCUT2D eigenvalue weighted by molar-refractivity contribution is 7.80. The molecule has 1 aliphatic heterocycles. The van der Waals surface area contributed by atoms with Crippen molar-refractivity contribution < 1.29 is 14.3 Å². The van der Waals surface area contributed by atoms with Crippen molar-refractivity contribution in [3.63, 3.8) is 0 Å². The number of likely N-dealkylation sites (N-methyl/N-ethyl adjacent to an activating group) is 1. The minimum atomic E-state index is -0.489. The predicted molar refractivity (Wildman–Crippen MR) is 127 cm³/mol. The van der Waals surface area contributed by atoms with Crippen LogP contribution in [0.15, 0.2) is 66.2 Å². The van der Waals surface area contributed by atoms with Crippen LogP contribution in [0.25, 0.3) is 16.8 Å². The quantitative estimate of drug-likeness (QED) is 0.316. The number of carbonyl (C=O) groups is 2. The highest BCUT2D eigenvalue weighted by atomic mass is 35.5. The fourth-order valence-corrected chi connectivity index (χ4v) is 4.15. The number of rotatable bonds is 4. The van der Waals surface area contributed by atoms with Gasteiger partial charge in [0.15, 0.2) is 5.11 Å². The van der Waals surface area contributed by atoms with Gasteiger partial charge in [-0.15, -0.1) is 0 Å². The van der Waals surface area contributed by atoms with Crippen LogP contribution in [-0.2, 0) is 9.59 Å². The van der Waals surface area contributed by atoms with Crippen molar-refractivity contribution in [3.8, 4) is 5.75 Å². The van der Waals surface area contributed by atoms with Crippen LogP contribution >= 0.6 is 23.8 Å². The number of methoxy groups -OCH3 is 1. The normalized spacial score (nSPS) is 15.8. The van der Waals surface area contributed by atoms with E-state index >= 15 is 0 Å². The highest BCUT2D eigenvalue weighted by Crippen LogP contribution is 2.33. The summed E-state index contributed by atoms with van der Waals surface area (Å²) < 4.78 is 5.53. The van der Waals surface area contributed by atoms with Gasteiger partial charge in [0.25, 0.3) is 11.8 Å². The molecule has 1 fully saturated rings. The molecule has 7 heteroatoms. The van der Waals surface area contributed by atoms with Crippen LogP contribution < -0.4 is 9.64 Å². The summed E-state index contributed by atoms with van der Waals surface area (Å²) in [5, 5.41) is 2.54. The molecule has 0 spiro atoms. The minimum Gasteiger partial charge on any atom is -0.496 e. The largest absolute Gasteiger partial charge is 0.496 e. The SMILES string of the molecule is CCN1C(=O)/C(=C/c2c(OC)ccc3ccccc23)C(=O)N(c2ccc(Cl)cc2)C1=S. The highest BCUT2D eigenvalue weighted by Gasteiger charge is 2.39. The van der Waals surface area contributed by atoms with Crippen molar-refractivity contribution in [2.75, 3.05) is 18.6 Å². The molecule has 2 amide bonds. The molecule has 3 aromatic carbocycles. The Morgan fingerprint density at radius 3 is 2.39 bits per heavy atom. The zero-order chi connectivity index (χ0) is 22.1. The zero-order valence-electron chi connectivity index (χ0n) is 17.0. The number of benzene rings is 3. The Morgan fingerprint density at radius 2 is 1.71 bits per heavy atom. The van der Waals surface area contributed by atoms with E-state index in [1.54, 1.807) is 37.5 Å². The van der Waals surface area contributed by atoms with Crippen LogP contribution in [0, 0.1) is 0 Å². The number of fused-ring (bicyclic) bond motifs is 1. The number of nitrogens with zero attached hydrogens (tertiary/aromatic N) is 2. The lowest BCUT2D eigenvalue weighted by Gasteiger charge is -2.36. The van der Waals surface area contributed by atoms with Crippen molar-refractivity contribution in [2.45, 2.75) is 6.92 Å². The third kappa shape index (κ3) is 3.69. The van der Waals surface area contributed by atoms with Crippen LogP contribution in [0.2, 0.25) is 5.02 Å². The van der Waals surface area contributed by atoms with E-state index in [2.05, 4.69) is 0 Å². The van der Waals surface area contributed by atoms with E-state index in [4.69, 9.17) is 28.6 Å². The molecule has 3 aromatic rings. The summed E-state index contributed by atoms with van der Waals surface area (Å²) in [4.78, 5) is 29.5. The standard InChI is InChI=1S/C24H19ClN2O3S/c1-3-26-22(28)20(23(29)27(24(26)31)17-11-9-16(25)10-12-17)14-19-18-7-5-4-6-15(18)8-13-21(19)30-2/h4-14H,3H2,1-2H3/b20-14-. The van der Waals surface area contributed by atoms with Gasteiger partial charge in [0.05, 0.1) is 12.8 Å². The molecule has 0 saturated carbocycles. The molecule has 0 aliphatic carbocycles. The number of carbonyl (C=O) groups excluding carboxylic acids is 2. The van der Waals surface area contributed by atoms with Gasteiger partial charge in [-0.1, -0.05) is 41.9 Å². The Labute approximate surface area is 190 Å². The average molecular weight is 451 g/mol. The summed E-state index contributed by atoms with van der Waals surface area (Å²) in [7, 11) is 1.56. The average Bonchev–Trinajstić information content (AvgIpc) is 2.78. The molecule has 1 aliphatic rings. The number of hydrogen-bond donors (Lipinski definition) is 0. The summed E-state index contributed by atoms with van der Waals surface area (Å²) in [5.41, 5.74) is 1.22. The Bertz CT molecular complexity index is 1240. The second-order valence-corrected chi connectivity index (χ2v) is 7.71. The monoisotopic (exact) mass is 450 g/mol. The topological polar surface area (TPSA) is 49.9 Å². The van der Waals surface area contributed by atoms with Gasteiger partial charge in [0, 0.05) is 17.1 Å². The van der Waals surface area contributed by atoms with Crippen molar-refractivity contribution in [3.05, 3.63) is 76.8 Å². The molecule has 0 radical (unpaired) electrons. The van der Waals surface area contributed by atoms with Gasteiger partial charge in [0.1, 0.15) is 11.3 Å². The molecule has 0 unspecified atom stereocenters. The lowest BCUT2D eigenvalue weighted by atomic mass is 9.99. The molecule has 31 heavy (non-hydrogen) atoms. The van der Waals surface area contributed by atoms with E-state index in [-0.39, 0.29) is 10.7 Å². The maximum Gasteiger partial charge on any atom is 0.270 e. The Hall–Kier alpha value is -3.22. The first kappa shape index (κ1) is 21.0. The minimum absolute atomic E-state index is 0.0139. The molecule has 0 N–H and O–H groups in total. The molecule has 156 valence electrons. The van der Waals surface area contributed by atoms with Gasteiger partial charge in [-0.25, -0.2) is 0 Å². The molecule has 4 rings (SSSR count). The number of hydrogen-bond acceptors (Lipinski definition) is 4. The van der Waals surface area contributed by atoms with Gasteiger partial charge in [-0.2, -0.15) is 0 Å². The van der Waals surface area contributed by atoms with E-state index < -0.39 is 11.8 Å². The number of halogens is 1. The summed E-state index contributed by atoms with van der Waals surface area (Å²) in [6.45, 7) is 2.15. The third-order valence-corrected chi connectivity index (χ3v) is 5.83. The van der Waals surface area contributed by atoms with Gasteiger partial charge < -0.3 is 4.74 Å². The maximum absolute atomic E-state index is 13.5. The molecular formula is C24H19ClN2O3S. The molecule has 1 heterocycles. The second-order valence-electron chi connectivity index (χ2n) is 6.91. The van der Waals surface area contributed by atoms with Crippen molar-refractivity contribution in [1.29, 1.82) is 0 Å². The van der Waals surface area contributed by atoms with Gasteiger partial charge >= 0.3 is 0 Å². The first-order chi connectivity index (χ1) is 15.0. The van der Waals surface area contributed by atoms with E-state index in [0.717, 1.165) is 10.8 Å². The number of ether oxygens (including phenoxy) is 1. The van der Waals surface area contributed by atoms with Gasteiger partial charge in [-0.05, 0) is 66.3 Å². The molecular weight excluding hydrogens is 432 g/mol. The summed E-state index contributed by atoms with van der Waals surface area (Å²) in [6.07, 6.45) is 1.60. The molecule has 0 aromatic heterocycles. The van der Waals surface area contributed by atoms with E-state index in [1.165, 1.54) is 9.80 Å². The first-order valence-electron chi connectivity index (χ1n) is 9.69. The summed E-state index contributed by atoms with van der Waals surface area (Å²) in [6, 6.07) is 18.3. The Balaban J connectivity index is 1.91. The molecule has 0 atom stereocenters. The third-order valence-electron chi connectivity index (χ3n) is 5.17. The van der Waals surface area contributed by atoms with Crippen LogP contribution in [0.3, 0.4) is 0 Å².